The van der Waals surface area contributed by atoms with Gasteiger partial charge in [0, 0.05) is 13.5 Å². The maximum Gasteiger partial charge on any atom is 0.330 e. The van der Waals surface area contributed by atoms with Crippen molar-refractivity contribution in [2.75, 3.05) is 24.5 Å². The average Bonchev–Trinajstić information content (AvgIpc) is 3.23. The Balaban J connectivity index is 1.53. The summed E-state index contributed by atoms with van der Waals surface area (Å²) in [5, 5.41) is 0. The van der Waals surface area contributed by atoms with E-state index in [1.54, 1.807) is 6.07 Å². The fraction of sp³-hybridized carbons (Fsp3) is 0.227. The number of H-pyrrole nitrogens is 1. The van der Waals surface area contributed by atoms with Gasteiger partial charge in [-0.2, -0.15) is 0 Å². The third kappa shape index (κ3) is 4.16. The summed E-state index contributed by atoms with van der Waals surface area (Å²) in [6, 6.07) is 14.7. The number of amides is 1. The minimum absolute atomic E-state index is 0.0498. The highest BCUT2D eigenvalue weighted by molar-refractivity contribution is 5.95. The number of nitrogens with zero attached hydrogens (tertiary/aromatic N) is 2. The number of anilines is 2. The van der Waals surface area contributed by atoms with E-state index < -0.39 is 11.2 Å². The van der Waals surface area contributed by atoms with Crippen LogP contribution in [0.25, 0.3) is 0 Å². The number of carbonyl (C=O) groups is 1. The summed E-state index contributed by atoms with van der Waals surface area (Å²) in [4.78, 5) is 41.0. The third-order valence-electron chi connectivity index (χ3n) is 5.17. The highest BCUT2D eigenvalue weighted by atomic mass is 16.7. The highest BCUT2D eigenvalue weighted by Gasteiger charge is 2.21. The Morgan fingerprint density at radius 2 is 1.84 bits per heavy atom. The molecule has 9 heteroatoms. The van der Waals surface area contributed by atoms with E-state index in [-0.39, 0.29) is 37.2 Å². The second-order valence-corrected chi connectivity index (χ2v) is 7.21. The van der Waals surface area contributed by atoms with E-state index in [2.05, 4.69) is 4.98 Å². The molecule has 4 rings (SSSR count). The first-order valence-corrected chi connectivity index (χ1v) is 9.75. The molecule has 1 amide bonds. The first-order chi connectivity index (χ1) is 14.9. The predicted octanol–water partition coefficient (Wildman–Crippen LogP) is 1.49. The van der Waals surface area contributed by atoms with Crippen LogP contribution < -0.4 is 31.4 Å². The van der Waals surface area contributed by atoms with Crippen LogP contribution in [-0.2, 0) is 17.8 Å². The van der Waals surface area contributed by atoms with Crippen LogP contribution in [0.2, 0.25) is 0 Å². The second kappa shape index (κ2) is 8.39. The van der Waals surface area contributed by atoms with Crippen LogP contribution in [0, 0.1) is 0 Å². The van der Waals surface area contributed by atoms with Crippen LogP contribution in [0.1, 0.15) is 17.5 Å². The van der Waals surface area contributed by atoms with Crippen LogP contribution >= 0.6 is 0 Å². The number of benzene rings is 2. The first kappa shape index (κ1) is 20.3. The number of ether oxygens (including phenoxy) is 2. The van der Waals surface area contributed by atoms with Crippen molar-refractivity contribution in [3.05, 3.63) is 80.5 Å². The molecule has 3 aromatic rings. The van der Waals surface area contributed by atoms with Crippen molar-refractivity contribution in [2.45, 2.75) is 19.4 Å². The van der Waals surface area contributed by atoms with Crippen molar-refractivity contribution < 1.29 is 14.3 Å². The molecule has 0 aliphatic carbocycles. The molecule has 160 valence electrons. The number of nitrogens with one attached hydrogen (secondary N) is 1. The summed E-state index contributed by atoms with van der Waals surface area (Å²) in [7, 11) is 1.47. The SMILES string of the molecule is CN(C(=O)CCc1ccc2c(c1)OCO2)c1c(N)n(Cc2ccccc2)c(=O)[nH]c1=O. The van der Waals surface area contributed by atoms with Gasteiger partial charge in [-0.3, -0.25) is 19.1 Å². The Morgan fingerprint density at radius 1 is 1.10 bits per heavy atom. The number of carbonyl (C=O) groups excluding carboxylic acids is 1. The zero-order chi connectivity index (χ0) is 22.0. The van der Waals surface area contributed by atoms with Crippen molar-refractivity contribution in [1.82, 2.24) is 9.55 Å². The van der Waals surface area contributed by atoms with Crippen molar-refractivity contribution >= 4 is 17.4 Å². The number of hydrogen-bond donors (Lipinski definition) is 2. The molecule has 0 spiro atoms. The standard InChI is InChI=1S/C22H22N4O5/c1-25(18(27)10-8-14-7-9-16-17(11-14)31-13-30-16)19-20(23)26(22(29)24-21(19)28)12-15-5-3-2-4-6-15/h2-7,9,11H,8,10,12-13,23H2,1H3,(H,24,28,29). The van der Waals surface area contributed by atoms with E-state index in [9.17, 15) is 14.4 Å². The van der Waals surface area contributed by atoms with Gasteiger partial charge in [-0.05, 0) is 29.7 Å². The molecule has 0 saturated carbocycles. The molecule has 1 aromatic heterocycles. The molecule has 0 bridgehead atoms. The maximum absolute atomic E-state index is 12.8. The van der Waals surface area contributed by atoms with E-state index in [1.165, 1.54) is 16.5 Å². The normalized spacial score (nSPS) is 12.0. The molecule has 0 fully saturated rings. The van der Waals surface area contributed by atoms with E-state index in [0.29, 0.717) is 17.9 Å². The van der Waals surface area contributed by atoms with Gasteiger partial charge in [0.05, 0.1) is 6.54 Å². The molecule has 31 heavy (non-hydrogen) atoms. The number of hydrogen-bond acceptors (Lipinski definition) is 6. The molecular weight excluding hydrogens is 400 g/mol. The fourth-order valence-electron chi connectivity index (χ4n) is 3.46. The summed E-state index contributed by atoms with van der Waals surface area (Å²) >= 11 is 0. The zero-order valence-corrected chi connectivity index (χ0v) is 17.0. The van der Waals surface area contributed by atoms with Crippen LogP contribution in [0.3, 0.4) is 0 Å². The topological polar surface area (TPSA) is 120 Å². The van der Waals surface area contributed by atoms with Crippen LogP contribution in [0.4, 0.5) is 11.5 Å². The number of fused-ring (bicyclic) bond motifs is 1. The average molecular weight is 422 g/mol. The van der Waals surface area contributed by atoms with Crippen LogP contribution in [0.15, 0.2) is 58.1 Å². The van der Waals surface area contributed by atoms with Crippen molar-refractivity contribution in [2.24, 2.45) is 0 Å². The van der Waals surface area contributed by atoms with Gasteiger partial charge in [-0.1, -0.05) is 36.4 Å². The molecule has 3 N–H and O–H groups in total. The highest BCUT2D eigenvalue weighted by Crippen LogP contribution is 2.32. The van der Waals surface area contributed by atoms with Gasteiger partial charge in [-0.15, -0.1) is 0 Å². The lowest BCUT2D eigenvalue weighted by Gasteiger charge is -2.20. The summed E-state index contributed by atoms with van der Waals surface area (Å²) in [5.74, 6) is 0.954. The number of aryl methyl sites for hydroxylation is 1. The number of aromatic amines is 1. The summed E-state index contributed by atoms with van der Waals surface area (Å²) in [5.41, 5.74) is 6.52. The largest absolute Gasteiger partial charge is 0.454 e. The molecule has 0 saturated heterocycles. The number of nitrogen functional groups attached to an aromatic ring is 1. The number of rotatable bonds is 6. The molecule has 0 unspecified atom stereocenters. The lowest BCUT2D eigenvalue weighted by molar-refractivity contribution is -0.118. The van der Waals surface area contributed by atoms with Crippen molar-refractivity contribution in [1.29, 1.82) is 0 Å². The second-order valence-electron chi connectivity index (χ2n) is 7.21. The van der Waals surface area contributed by atoms with Gasteiger partial charge >= 0.3 is 5.69 Å². The monoisotopic (exact) mass is 422 g/mol. The van der Waals surface area contributed by atoms with Crippen LogP contribution in [-0.4, -0.2) is 29.3 Å². The van der Waals surface area contributed by atoms with Gasteiger partial charge in [-0.25, -0.2) is 4.79 Å². The van der Waals surface area contributed by atoms with Crippen LogP contribution in [0.5, 0.6) is 11.5 Å². The summed E-state index contributed by atoms with van der Waals surface area (Å²) < 4.78 is 11.9. The Bertz CT molecular complexity index is 1230. The molecular formula is C22H22N4O5. The molecule has 1 aliphatic rings. The molecule has 9 nitrogen and oxygen atoms in total. The maximum atomic E-state index is 12.8. The smallest absolute Gasteiger partial charge is 0.330 e. The minimum atomic E-state index is -0.703. The molecule has 2 heterocycles. The summed E-state index contributed by atoms with van der Waals surface area (Å²) in [6.45, 7) is 0.357. The molecule has 0 atom stereocenters. The van der Waals surface area contributed by atoms with Gasteiger partial charge in [0.15, 0.2) is 17.2 Å². The minimum Gasteiger partial charge on any atom is -0.454 e. The number of aromatic nitrogens is 2. The molecule has 1 aliphatic heterocycles. The Hall–Kier alpha value is -4.01. The fourth-order valence-corrected chi connectivity index (χ4v) is 3.46. The Kier molecular flexibility index (Phi) is 5.48. The first-order valence-electron chi connectivity index (χ1n) is 9.75. The van der Waals surface area contributed by atoms with Crippen molar-refractivity contribution in [3.8, 4) is 11.5 Å². The van der Waals surface area contributed by atoms with E-state index in [1.807, 2.05) is 42.5 Å². The van der Waals surface area contributed by atoms with E-state index in [4.69, 9.17) is 15.2 Å². The Morgan fingerprint density at radius 3 is 2.61 bits per heavy atom. The molecule has 2 aromatic carbocycles. The van der Waals surface area contributed by atoms with Gasteiger partial charge < -0.3 is 20.1 Å². The molecule has 0 radical (unpaired) electrons. The zero-order valence-electron chi connectivity index (χ0n) is 17.0. The van der Waals surface area contributed by atoms with Gasteiger partial charge in [0.25, 0.3) is 5.56 Å². The van der Waals surface area contributed by atoms with Gasteiger partial charge in [0.1, 0.15) is 5.82 Å². The predicted molar refractivity (Wildman–Crippen MR) is 116 cm³/mol. The lowest BCUT2D eigenvalue weighted by atomic mass is 10.1. The van der Waals surface area contributed by atoms with E-state index in [0.717, 1.165) is 11.1 Å². The quantitative estimate of drug-likeness (QED) is 0.621. The van der Waals surface area contributed by atoms with E-state index >= 15 is 0 Å². The van der Waals surface area contributed by atoms with Gasteiger partial charge in [0.2, 0.25) is 12.7 Å². The van der Waals surface area contributed by atoms with Crippen molar-refractivity contribution in [3.63, 3.8) is 0 Å². The number of nitrogens with two attached hydrogens (primary N) is 1. The lowest BCUT2D eigenvalue weighted by Crippen LogP contribution is -2.39. The summed E-state index contributed by atoms with van der Waals surface area (Å²) in [6.07, 6.45) is 0.591. The third-order valence-corrected chi connectivity index (χ3v) is 5.17. The Labute approximate surface area is 177 Å².